The van der Waals surface area contributed by atoms with Gasteiger partial charge < -0.3 is 10.5 Å². The molecule has 2 N–H and O–H groups in total. The summed E-state index contributed by atoms with van der Waals surface area (Å²) in [5, 5.41) is 0. The number of nitrogens with zero attached hydrogens (tertiary/aromatic N) is 2. The van der Waals surface area contributed by atoms with Gasteiger partial charge in [0.15, 0.2) is 0 Å². The van der Waals surface area contributed by atoms with E-state index in [0.29, 0.717) is 5.82 Å². The third-order valence-corrected chi connectivity index (χ3v) is 3.45. The molecule has 0 aliphatic rings. The second-order valence-electron chi connectivity index (χ2n) is 4.12. The lowest BCUT2D eigenvalue weighted by atomic mass is 10.1. The van der Waals surface area contributed by atoms with Crippen molar-refractivity contribution in [2.45, 2.75) is 0 Å². The van der Waals surface area contributed by atoms with Crippen molar-refractivity contribution in [3.8, 4) is 17.0 Å². The number of ether oxygens (including phenoxy) is 1. The van der Waals surface area contributed by atoms with Crippen LogP contribution in [0.2, 0.25) is 0 Å². The molecule has 3 aromatic rings. The Hall–Kier alpha value is -2.01. The number of nitrogen functional groups attached to an aromatic ring is 1. The first kappa shape index (κ1) is 12.0. The van der Waals surface area contributed by atoms with Crippen LogP contribution in [0.5, 0.6) is 5.75 Å². The first-order valence-corrected chi connectivity index (χ1v) is 6.56. The Bertz CT molecular complexity index is 752. The molecule has 3 rings (SSSR count). The zero-order chi connectivity index (χ0) is 13.4. The molecule has 0 radical (unpaired) electrons. The SMILES string of the molecule is COc1ccccc1-c1nc2ccc(Br)cn2c1N. The molecule has 0 saturated carbocycles. The Labute approximate surface area is 119 Å². The van der Waals surface area contributed by atoms with E-state index in [1.807, 2.05) is 47.0 Å². The molecule has 0 amide bonds. The standard InChI is InChI=1S/C14H12BrN3O/c1-19-11-5-3-2-4-10(11)13-14(16)18-8-9(15)6-7-12(18)17-13/h2-8H,16H2,1H3. The Morgan fingerprint density at radius 3 is 2.79 bits per heavy atom. The van der Waals surface area contributed by atoms with Crippen molar-refractivity contribution in [1.29, 1.82) is 0 Å². The molecule has 96 valence electrons. The van der Waals surface area contributed by atoms with Crippen LogP contribution in [0.3, 0.4) is 0 Å². The predicted octanol–water partition coefficient (Wildman–Crippen LogP) is 3.35. The number of fused-ring (bicyclic) bond motifs is 1. The highest BCUT2D eigenvalue weighted by molar-refractivity contribution is 9.10. The van der Waals surface area contributed by atoms with E-state index in [2.05, 4.69) is 20.9 Å². The van der Waals surface area contributed by atoms with Crippen LogP contribution < -0.4 is 10.5 Å². The molecule has 0 fully saturated rings. The van der Waals surface area contributed by atoms with E-state index in [9.17, 15) is 0 Å². The van der Waals surface area contributed by atoms with Gasteiger partial charge in [0.25, 0.3) is 0 Å². The number of pyridine rings is 1. The maximum Gasteiger partial charge on any atom is 0.139 e. The zero-order valence-electron chi connectivity index (χ0n) is 10.3. The number of para-hydroxylation sites is 1. The molecule has 0 saturated heterocycles. The molecule has 4 nitrogen and oxygen atoms in total. The molecular weight excluding hydrogens is 306 g/mol. The molecule has 0 aliphatic heterocycles. The molecule has 1 aromatic carbocycles. The molecule has 0 bridgehead atoms. The van der Waals surface area contributed by atoms with Gasteiger partial charge in [0.1, 0.15) is 22.9 Å². The summed E-state index contributed by atoms with van der Waals surface area (Å²) in [5.41, 5.74) is 8.62. The van der Waals surface area contributed by atoms with Crippen LogP contribution in [0.1, 0.15) is 0 Å². The number of anilines is 1. The van der Waals surface area contributed by atoms with E-state index in [0.717, 1.165) is 27.1 Å². The van der Waals surface area contributed by atoms with Gasteiger partial charge in [-0.1, -0.05) is 12.1 Å². The molecule has 0 atom stereocenters. The highest BCUT2D eigenvalue weighted by Crippen LogP contribution is 2.33. The van der Waals surface area contributed by atoms with Gasteiger partial charge in [-0.3, -0.25) is 4.40 Å². The van der Waals surface area contributed by atoms with Crippen molar-refractivity contribution in [1.82, 2.24) is 9.38 Å². The monoisotopic (exact) mass is 317 g/mol. The van der Waals surface area contributed by atoms with Crippen molar-refractivity contribution >= 4 is 27.4 Å². The Morgan fingerprint density at radius 1 is 1.21 bits per heavy atom. The predicted molar refractivity (Wildman–Crippen MR) is 79.3 cm³/mol. The van der Waals surface area contributed by atoms with Crippen LogP contribution in [0.25, 0.3) is 16.9 Å². The van der Waals surface area contributed by atoms with Gasteiger partial charge in [0.05, 0.1) is 7.11 Å². The molecule has 2 heterocycles. The topological polar surface area (TPSA) is 52.5 Å². The summed E-state index contributed by atoms with van der Waals surface area (Å²) in [5.74, 6) is 1.36. The minimum Gasteiger partial charge on any atom is -0.496 e. The van der Waals surface area contributed by atoms with Crippen molar-refractivity contribution in [3.63, 3.8) is 0 Å². The Kier molecular flexibility index (Phi) is 2.91. The Morgan fingerprint density at radius 2 is 2.00 bits per heavy atom. The van der Waals surface area contributed by atoms with E-state index in [-0.39, 0.29) is 0 Å². The van der Waals surface area contributed by atoms with Crippen molar-refractivity contribution in [2.24, 2.45) is 0 Å². The van der Waals surface area contributed by atoms with Gasteiger partial charge in [-0.25, -0.2) is 4.98 Å². The van der Waals surface area contributed by atoms with Gasteiger partial charge in [-0.05, 0) is 40.2 Å². The second-order valence-corrected chi connectivity index (χ2v) is 5.04. The van der Waals surface area contributed by atoms with Gasteiger partial charge in [0, 0.05) is 16.2 Å². The van der Waals surface area contributed by atoms with Crippen LogP contribution in [-0.4, -0.2) is 16.5 Å². The lowest BCUT2D eigenvalue weighted by Gasteiger charge is -2.06. The smallest absolute Gasteiger partial charge is 0.139 e. The first-order chi connectivity index (χ1) is 9.20. The van der Waals surface area contributed by atoms with E-state index < -0.39 is 0 Å². The zero-order valence-corrected chi connectivity index (χ0v) is 11.9. The molecule has 19 heavy (non-hydrogen) atoms. The number of nitrogens with two attached hydrogens (primary N) is 1. The summed E-state index contributed by atoms with van der Waals surface area (Å²) in [4.78, 5) is 4.57. The fraction of sp³-hybridized carbons (Fsp3) is 0.0714. The maximum atomic E-state index is 6.19. The lowest BCUT2D eigenvalue weighted by molar-refractivity contribution is 0.416. The van der Waals surface area contributed by atoms with Crippen LogP contribution in [0, 0.1) is 0 Å². The average Bonchev–Trinajstić information content (AvgIpc) is 2.76. The third kappa shape index (κ3) is 1.96. The van der Waals surface area contributed by atoms with Gasteiger partial charge in [-0.15, -0.1) is 0 Å². The van der Waals surface area contributed by atoms with Crippen LogP contribution in [0.4, 0.5) is 5.82 Å². The summed E-state index contributed by atoms with van der Waals surface area (Å²) in [7, 11) is 1.64. The lowest BCUT2D eigenvalue weighted by Crippen LogP contribution is -1.95. The number of methoxy groups -OCH3 is 1. The van der Waals surface area contributed by atoms with Crippen molar-refractivity contribution in [2.75, 3.05) is 12.8 Å². The highest BCUT2D eigenvalue weighted by atomic mass is 79.9. The van der Waals surface area contributed by atoms with Crippen molar-refractivity contribution < 1.29 is 4.74 Å². The molecule has 0 unspecified atom stereocenters. The number of hydrogen-bond donors (Lipinski definition) is 1. The fourth-order valence-corrected chi connectivity index (χ4v) is 2.41. The van der Waals surface area contributed by atoms with E-state index >= 15 is 0 Å². The fourth-order valence-electron chi connectivity index (χ4n) is 2.08. The van der Waals surface area contributed by atoms with E-state index in [4.69, 9.17) is 10.5 Å². The summed E-state index contributed by atoms with van der Waals surface area (Å²) < 4.78 is 8.17. The minimum absolute atomic E-state index is 0.598. The van der Waals surface area contributed by atoms with Crippen LogP contribution >= 0.6 is 15.9 Å². The van der Waals surface area contributed by atoms with E-state index in [1.54, 1.807) is 7.11 Å². The maximum absolute atomic E-state index is 6.19. The number of imidazole rings is 1. The normalized spacial score (nSPS) is 10.8. The number of hydrogen-bond acceptors (Lipinski definition) is 3. The number of halogens is 1. The van der Waals surface area contributed by atoms with Crippen LogP contribution in [0.15, 0.2) is 47.1 Å². The van der Waals surface area contributed by atoms with Crippen LogP contribution in [-0.2, 0) is 0 Å². The van der Waals surface area contributed by atoms with E-state index in [1.165, 1.54) is 0 Å². The summed E-state index contributed by atoms with van der Waals surface area (Å²) >= 11 is 3.43. The Balaban J connectivity index is 2.28. The largest absolute Gasteiger partial charge is 0.496 e. The number of rotatable bonds is 2. The highest BCUT2D eigenvalue weighted by Gasteiger charge is 2.14. The number of aromatic nitrogens is 2. The average molecular weight is 318 g/mol. The molecular formula is C14H12BrN3O. The summed E-state index contributed by atoms with van der Waals surface area (Å²) in [6, 6.07) is 11.6. The molecule has 0 spiro atoms. The molecule has 5 heteroatoms. The third-order valence-electron chi connectivity index (χ3n) is 2.98. The van der Waals surface area contributed by atoms with Crippen molar-refractivity contribution in [3.05, 3.63) is 47.1 Å². The summed E-state index contributed by atoms with van der Waals surface area (Å²) in [6.07, 6.45) is 1.90. The minimum atomic E-state index is 0.598. The van der Waals surface area contributed by atoms with Gasteiger partial charge in [0.2, 0.25) is 0 Å². The second kappa shape index (κ2) is 4.59. The summed E-state index contributed by atoms with van der Waals surface area (Å²) in [6.45, 7) is 0. The molecule has 0 aliphatic carbocycles. The molecule has 2 aromatic heterocycles. The van der Waals surface area contributed by atoms with Gasteiger partial charge in [-0.2, -0.15) is 0 Å². The quantitative estimate of drug-likeness (QED) is 0.788. The number of benzene rings is 1. The first-order valence-electron chi connectivity index (χ1n) is 5.77. The van der Waals surface area contributed by atoms with Gasteiger partial charge >= 0.3 is 0 Å².